The molecule has 20 heavy (non-hydrogen) atoms. The van der Waals surface area contributed by atoms with Gasteiger partial charge < -0.3 is 9.64 Å². The minimum atomic E-state index is -0.534. The molecule has 5 heteroatoms. The van der Waals surface area contributed by atoms with Crippen LogP contribution in [0.5, 0.6) is 5.75 Å². The summed E-state index contributed by atoms with van der Waals surface area (Å²) in [6.45, 7) is 0.797. The summed E-state index contributed by atoms with van der Waals surface area (Å²) in [5.41, 5.74) is 0.711. The van der Waals surface area contributed by atoms with Gasteiger partial charge in [-0.3, -0.25) is 4.79 Å². The molecule has 0 radical (unpaired) electrons. The predicted octanol–water partition coefficient (Wildman–Crippen LogP) is 3.63. The van der Waals surface area contributed by atoms with Crippen molar-refractivity contribution in [2.24, 2.45) is 0 Å². The van der Waals surface area contributed by atoms with Gasteiger partial charge in [-0.05, 0) is 40.2 Å². The second-order valence-corrected chi connectivity index (χ2v) is 5.22. The fraction of sp³-hybridized carbons (Fsp3) is 0.133. The highest BCUT2D eigenvalue weighted by molar-refractivity contribution is 9.10. The van der Waals surface area contributed by atoms with Gasteiger partial charge in [0.05, 0.1) is 17.8 Å². The Morgan fingerprint density at radius 2 is 2.00 bits per heavy atom. The van der Waals surface area contributed by atoms with Crippen LogP contribution < -0.4 is 9.64 Å². The molecule has 0 unspecified atom stereocenters. The first-order chi connectivity index (χ1) is 9.68. The number of nitrogens with zero attached hydrogens (tertiary/aromatic N) is 1. The third-order valence-corrected chi connectivity index (χ3v) is 3.81. The van der Waals surface area contributed by atoms with E-state index in [1.807, 2.05) is 12.1 Å². The zero-order valence-corrected chi connectivity index (χ0v) is 12.1. The summed E-state index contributed by atoms with van der Waals surface area (Å²) in [4.78, 5) is 14.1. The number of halogens is 2. The van der Waals surface area contributed by atoms with Gasteiger partial charge in [0.1, 0.15) is 18.2 Å². The summed E-state index contributed by atoms with van der Waals surface area (Å²) < 4.78 is 19.9. The molecule has 0 saturated carbocycles. The molecule has 0 saturated heterocycles. The lowest BCUT2D eigenvalue weighted by Crippen LogP contribution is -2.38. The predicted molar refractivity (Wildman–Crippen MR) is 77.7 cm³/mol. The van der Waals surface area contributed by atoms with Crippen molar-refractivity contribution in [1.29, 1.82) is 0 Å². The first kappa shape index (κ1) is 13.1. The molecular formula is C15H11BrFNO2. The number of ether oxygens (including phenoxy) is 1. The maximum absolute atomic E-state index is 13.9. The molecular weight excluding hydrogens is 325 g/mol. The molecule has 1 aliphatic rings. The molecule has 2 aromatic carbocycles. The Hall–Kier alpha value is -1.88. The number of hydrogen-bond donors (Lipinski definition) is 0. The van der Waals surface area contributed by atoms with Crippen LogP contribution >= 0.6 is 15.9 Å². The summed E-state index contributed by atoms with van der Waals surface area (Å²) in [7, 11) is 0. The highest BCUT2D eigenvalue weighted by atomic mass is 79.9. The molecule has 0 aliphatic carbocycles. The van der Waals surface area contributed by atoms with Crippen LogP contribution in [0.2, 0.25) is 0 Å². The van der Waals surface area contributed by atoms with Gasteiger partial charge in [0, 0.05) is 4.47 Å². The molecule has 0 spiro atoms. The Bertz CT molecular complexity index is 654. The van der Waals surface area contributed by atoms with E-state index in [9.17, 15) is 9.18 Å². The third kappa shape index (κ3) is 2.18. The Morgan fingerprint density at radius 3 is 2.80 bits per heavy atom. The van der Waals surface area contributed by atoms with E-state index >= 15 is 0 Å². The van der Waals surface area contributed by atoms with Gasteiger partial charge in [0.2, 0.25) is 0 Å². The number of fused-ring (bicyclic) bond motifs is 1. The van der Waals surface area contributed by atoms with Crippen molar-refractivity contribution in [1.82, 2.24) is 0 Å². The smallest absolute Gasteiger partial charge is 0.262 e. The van der Waals surface area contributed by atoms with E-state index in [-0.39, 0.29) is 11.5 Å². The van der Waals surface area contributed by atoms with Gasteiger partial charge in [0.15, 0.2) is 0 Å². The van der Waals surface area contributed by atoms with Gasteiger partial charge in [0.25, 0.3) is 5.91 Å². The number of carbonyl (C=O) groups is 1. The van der Waals surface area contributed by atoms with Gasteiger partial charge >= 0.3 is 0 Å². The van der Waals surface area contributed by atoms with Gasteiger partial charge in [-0.2, -0.15) is 0 Å². The second kappa shape index (κ2) is 5.25. The standard InChI is InChI=1S/C15H11BrFNO2/c16-10-4-3-5-11(17)14(10)15(19)18-8-9-20-13-7-2-1-6-12(13)18/h1-7H,8-9H2. The van der Waals surface area contributed by atoms with E-state index in [1.165, 1.54) is 6.07 Å². The van der Waals surface area contributed by atoms with E-state index in [1.54, 1.807) is 29.2 Å². The number of para-hydroxylation sites is 2. The van der Waals surface area contributed by atoms with E-state index in [0.29, 0.717) is 29.1 Å². The second-order valence-electron chi connectivity index (χ2n) is 4.37. The fourth-order valence-corrected chi connectivity index (χ4v) is 2.73. The van der Waals surface area contributed by atoms with Crippen molar-refractivity contribution in [3.8, 4) is 5.75 Å². The van der Waals surface area contributed by atoms with E-state index in [4.69, 9.17) is 4.74 Å². The van der Waals surface area contributed by atoms with Crippen LogP contribution in [-0.4, -0.2) is 19.1 Å². The topological polar surface area (TPSA) is 29.5 Å². The molecule has 0 bridgehead atoms. The summed E-state index contributed by atoms with van der Waals surface area (Å²) in [6, 6.07) is 11.7. The minimum absolute atomic E-state index is 0.0456. The van der Waals surface area contributed by atoms with Crippen LogP contribution in [0.15, 0.2) is 46.9 Å². The summed E-state index contributed by atoms with van der Waals surface area (Å²) >= 11 is 3.24. The number of amides is 1. The number of rotatable bonds is 1. The minimum Gasteiger partial charge on any atom is -0.490 e. The molecule has 0 fully saturated rings. The van der Waals surface area contributed by atoms with Gasteiger partial charge in [-0.25, -0.2) is 4.39 Å². The van der Waals surface area contributed by atoms with Crippen LogP contribution in [0.25, 0.3) is 0 Å². The average Bonchev–Trinajstić information content (AvgIpc) is 2.46. The normalized spacial score (nSPS) is 13.6. The number of carbonyl (C=O) groups excluding carboxylic acids is 1. The third-order valence-electron chi connectivity index (χ3n) is 3.15. The first-order valence-electron chi connectivity index (χ1n) is 6.16. The highest BCUT2D eigenvalue weighted by Crippen LogP contribution is 2.33. The Balaban J connectivity index is 2.05. The van der Waals surface area contributed by atoms with Crippen LogP contribution in [0.4, 0.5) is 10.1 Å². The molecule has 1 aliphatic heterocycles. The van der Waals surface area contributed by atoms with E-state index < -0.39 is 5.82 Å². The summed E-state index contributed by atoms with van der Waals surface area (Å²) in [5.74, 6) is -0.265. The average molecular weight is 336 g/mol. The molecule has 3 rings (SSSR count). The zero-order chi connectivity index (χ0) is 14.1. The lowest BCUT2D eigenvalue weighted by molar-refractivity contribution is 0.0972. The van der Waals surface area contributed by atoms with Crippen LogP contribution in [0, 0.1) is 5.82 Å². The molecule has 0 atom stereocenters. The van der Waals surface area contributed by atoms with Gasteiger partial charge in [-0.15, -0.1) is 0 Å². The van der Waals surface area contributed by atoms with Crippen molar-refractivity contribution in [2.45, 2.75) is 0 Å². The maximum Gasteiger partial charge on any atom is 0.262 e. The largest absolute Gasteiger partial charge is 0.490 e. The lowest BCUT2D eigenvalue weighted by atomic mass is 10.1. The Kier molecular flexibility index (Phi) is 3.44. The molecule has 102 valence electrons. The van der Waals surface area contributed by atoms with Crippen molar-refractivity contribution in [3.63, 3.8) is 0 Å². The quantitative estimate of drug-likeness (QED) is 0.796. The first-order valence-corrected chi connectivity index (χ1v) is 6.95. The zero-order valence-electron chi connectivity index (χ0n) is 10.5. The van der Waals surface area contributed by atoms with Crippen LogP contribution in [0.1, 0.15) is 10.4 Å². The Morgan fingerprint density at radius 1 is 1.20 bits per heavy atom. The highest BCUT2D eigenvalue weighted by Gasteiger charge is 2.27. The molecule has 0 aromatic heterocycles. The van der Waals surface area contributed by atoms with Crippen LogP contribution in [-0.2, 0) is 0 Å². The molecule has 1 amide bonds. The molecule has 2 aromatic rings. The number of anilines is 1. The van der Waals surface area contributed by atoms with Gasteiger partial charge in [-0.1, -0.05) is 18.2 Å². The SMILES string of the molecule is O=C(c1c(F)cccc1Br)N1CCOc2ccccc21. The number of hydrogen-bond acceptors (Lipinski definition) is 2. The number of benzene rings is 2. The van der Waals surface area contributed by atoms with Crippen molar-refractivity contribution in [3.05, 3.63) is 58.3 Å². The summed E-state index contributed by atoms with van der Waals surface area (Å²) in [5, 5.41) is 0. The van der Waals surface area contributed by atoms with Crippen molar-refractivity contribution in [2.75, 3.05) is 18.1 Å². The van der Waals surface area contributed by atoms with E-state index in [0.717, 1.165) is 0 Å². The van der Waals surface area contributed by atoms with Crippen molar-refractivity contribution < 1.29 is 13.9 Å². The lowest BCUT2D eigenvalue weighted by Gasteiger charge is -2.29. The summed E-state index contributed by atoms with van der Waals surface area (Å²) in [6.07, 6.45) is 0. The van der Waals surface area contributed by atoms with Crippen molar-refractivity contribution >= 4 is 27.5 Å². The molecule has 0 N–H and O–H groups in total. The monoisotopic (exact) mass is 335 g/mol. The fourth-order valence-electron chi connectivity index (χ4n) is 2.22. The molecule has 3 nitrogen and oxygen atoms in total. The Labute approximate surface area is 124 Å². The molecule has 1 heterocycles. The maximum atomic E-state index is 13.9. The van der Waals surface area contributed by atoms with E-state index in [2.05, 4.69) is 15.9 Å². The van der Waals surface area contributed by atoms with Crippen LogP contribution in [0.3, 0.4) is 0 Å².